The zero-order valence-electron chi connectivity index (χ0n) is 14.8. The van der Waals surface area contributed by atoms with E-state index in [0.717, 1.165) is 13.2 Å². The van der Waals surface area contributed by atoms with Crippen LogP contribution in [-0.4, -0.2) is 36.6 Å². The third kappa shape index (κ3) is 6.05. The van der Waals surface area contributed by atoms with Crippen LogP contribution in [0.15, 0.2) is 12.1 Å². The number of nitrogens with one attached hydrogen (secondary N) is 1. The predicted molar refractivity (Wildman–Crippen MR) is 85.1 cm³/mol. The van der Waals surface area contributed by atoms with Crippen molar-refractivity contribution < 1.29 is 37.0 Å². The van der Waals surface area contributed by atoms with Crippen molar-refractivity contribution in [2.75, 3.05) is 7.11 Å². The Bertz CT molecular complexity index is 700. The van der Waals surface area contributed by atoms with E-state index in [9.17, 15) is 27.6 Å². The lowest BCUT2D eigenvalue weighted by molar-refractivity contribution is -0.143. The standard InChI is InChI=1S/C17H20F3NO5/c1-17(2,3)26-16(24)21-11(15(23)25-4)7-8-12(22)9-5-6-10(18)14(20)13(9)19/h5-6,11H,7-8H2,1-4H3,(H,21,24). The van der Waals surface area contributed by atoms with Gasteiger partial charge in [0.25, 0.3) is 0 Å². The van der Waals surface area contributed by atoms with E-state index in [1.54, 1.807) is 20.8 Å². The first-order chi connectivity index (χ1) is 12.0. The number of methoxy groups -OCH3 is 1. The van der Waals surface area contributed by atoms with Crippen molar-refractivity contribution >= 4 is 17.8 Å². The summed E-state index contributed by atoms with van der Waals surface area (Å²) in [4.78, 5) is 35.5. The number of carbonyl (C=O) groups is 3. The number of carbonyl (C=O) groups excluding carboxylic acids is 3. The summed E-state index contributed by atoms with van der Waals surface area (Å²) in [6.07, 6.45) is -1.57. The summed E-state index contributed by atoms with van der Waals surface area (Å²) >= 11 is 0. The van der Waals surface area contributed by atoms with E-state index in [-0.39, 0.29) is 6.42 Å². The Balaban J connectivity index is 2.81. The Kier molecular flexibility index (Phi) is 7.17. The largest absolute Gasteiger partial charge is 0.467 e. The normalized spacial score (nSPS) is 12.3. The topological polar surface area (TPSA) is 81.7 Å². The van der Waals surface area contributed by atoms with Crippen LogP contribution >= 0.6 is 0 Å². The van der Waals surface area contributed by atoms with Crippen LogP contribution in [0, 0.1) is 17.5 Å². The molecular weight excluding hydrogens is 355 g/mol. The van der Waals surface area contributed by atoms with Gasteiger partial charge in [0, 0.05) is 6.42 Å². The number of benzene rings is 1. The summed E-state index contributed by atoms with van der Waals surface area (Å²) in [6, 6.07) is 0.208. The Morgan fingerprint density at radius 3 is 2.27 bits per heavy atom. The third-order valence-electron chi connectivity index (χ3n) is 3.17. The van der Waals surface area contributed by atoms with Crippen LogP contribution in [0.5, 0.6) is 0 Å². The van der Waals surface area contributed by atoms with Crippen molar-refractivity contribution in [2.45, 2.75) is 45.3 Å². The van der Waals surface area contributed by atoms with Gasteiger partial charge >= 0.3 is 12.1 Å². The lowest BCUT2D eigenvalue weighted by Gasteiger charge is -2.22. The zero-order valence-corrected chi connectivity index (χ0v) is 14.8. The van der Waals surface area contributed by atoms with E-state index in [2.05, 4.69) is 10.1 Å². The van der Waals surface area contributed by atoms with Gasteiger partial charge in [0.15, 0.2) is 23.2 Å². The molecule has 6 nitrogen and oxygen atoms in total. The van der Waals surface area contributed by atoms with Gasteiger partial charge < -0.3 is 14.8 Å². The SMILES string of the molecule is COC(=O)C(CCC(=O)c1ccc(F)c(F)c1F)NC(=O)OC(C)(C)C. The Morgan fingerprint density at radius 2 is 1.73 bits per heavy atom. The average Bonchev–Trinajstić information content (AvgIpc) is 2.53. The van der Waals surface area contributed by atoms with Gasteiger partial charge in [-0.05, 0) is 39.3 Å². The molecule has 1 atom stereocenters. The molecule has 1 N–H and O–H groups in total. The number of alkyl carbamates (subject to hydrolysis) is 1. The number of ether oxygens (including phenoxy) is 2. The van der Waals surface area contributed by atoms with E-state index in [1.807, 2.05) is 0 Å². The molecule has 0 radical (unpaired) electrons. The fourth-order valence-corrected chi connectivity index (χ4v) is 1.99. The molecule has 0 heterocycles. The summed E-state index contributed by atoms with van der Waals surface area (Å²) in [6.45, 7) is 4.86. The fraction of sp³-hybridized carbons (Fsp3) is 0.471. The third-order valence-corrected chi connectivity index (χ3v) is 3.17. The monoisotopic (exact) mass is 375 g/mol. The van der Waals surface area contributed by atoms with E-state index in [0.29, 0.717) is 6.07 Å². The van der Waals surface area contributed by atoms with E-state index < -0.39 is 58.9 Å². The minimum absolute atomic E-state index is 0.247. The summed E-state index contributed by atoms with van der Waals surface area (Å²) in [7, 11) is 1.09. The zero-order chi connectivity index (χ0) is 20.1. The molecule has 0 saturated heterocycles. The molecule has 0 aliphatic rings. The van der Waals surface area contributed by atoms with Crippen molar-refractivity contribution in [3.05, 3.63) is 35.1 Å². The molecule has 0 fully saturated rings. The highest BCUT2D eigenvalue weighted by atomic mass is 19.2. The van der Waals surface area contributed by atoms with Crippen molar-refractivity contribution in [1.29, 1.82) is 0 Å². The highest BCUT2D eigenvalue weighted by molar-refractivity contribution is 5.96. The summed E-state index contributed by atoms with van der Waals surface area (Å²) in [5.74, 6) is -6.48. The van der Waals surface area contributed by atoms with Crippen LogP contribution in [0.25, 0.3) is 0 Å². The molecule has 1 unspecified atom stereocenters. The number of esters is 1. The molecule has 1 aromatic rings. The minimum Gasteiger partial charge on any atom is -0.467 e. The second-order valence-electron chi connectivity index (χ2n) is 6.41. The van der Waals surface area contributed by atoms with Gasteiger partial charge in [-0.1, -0.05) is 0 Å². The van der Waals surface area contributed by atoms with Gasteiger partial charge in [-0.3, -0.25) is 4.79 Å². The first-order valence-electron chi connectivity index (χ1n) is 7.70. The Labute approximate surface area is 148 Å². The minimum atomic E-state index is -1.76. The molecule has 9 heteroatoms. The van der Waals surface area contributed by atoms with Crippen LogP contribution in [-0.2, 0) is 14.3 Å². The summed E-state index contributed by atoms with van der Waals surface area (Å²) < 4.78 is 49.3. The number of Topliss-reactive ketones (excluding diaryl/α,β-unsaturated/α-hetero) is 1. The van der Waals surface area contributed by atoms with Crippen LogP contribution in [0.4, 0.5) is 18.0 Å². The van der Waals surface area contributed by atoms with Crippen molar-refractivity contribution in [1.82, 2.24) is 5.32 Å². The number of ketones is 1. The van der Waals surface area contributed by atoms with Crippen molar-refractivity contribution in [3.63, 3.8) is 0 Å². The van der Waals surface area contributed by atoms with Gasteiger partial charge in [-0.15, -0.1) is 0 Å². The fourth-order valence-electron chi connectivity index (χ4n) is 1.99. The van der Waals surface area contributed by atoms with E-state index >= 15 is 0 Å². The Morgan fingerprint density at radius 1 is 1.12 bits per heavy atom. The Hall–Kier alpha value is -2.58. The second-order valence-corrected chi connectivity index (χ2v) is 6.41. The van der Waals surface area contributed by atoms with Crippen LogP contribution < -0.4 is 5.32 Å². The van der Waals surface area contributed by atoms with Crippen LogP contribution in [0.1, 0.15) is 44.0 Å². The molecule has 144 valence electrons. The lowest BCUT2D eigenvalue weighted by atomic mass is 10.0. The summed E-state index contributed by atoms with van der Waals surface area (Å²) in [5, 5.41) is 2.25. The van der Waals surface area contributed by atoms with E-state index in [4.69, 9.17) is 4.74 Å². The average molecular weight is 375 g/mol. The highest BCUT2D eigenvalue weighted by Crippen LogP contribution is 2.18. The molecule has 0 bridgehead atoms. The van der Waals surface area contributed by atoms with Gasteiger partial charge in [0.2, 0.25) is 0 Å². The number of rotatable bonds is 6. The van der Waals surface area contributed by atoms with Crippen LogP contribution in [0.3, 0.4) is 0 Å². The number of hydrogen-bond acceptors (Lipinski definition) is 5. The smallest absolute Gasteiger partial charge is 0.408 e. The maximum Gasteiger partial charge on any atom is 0.408 e. The first-order valence-corrected chi connectivity index (χ1v) is 7.70. The van der Waals surface area contributed by atoms with Crippen LogP contribution in [0.2, 0.25) is 0 Å². The second kappa shape index (κ2) is 8.68. The molecule has 1 amide bonds. The summed E-state index contributed by atoms with van der Waals surface area (Å²) in [5.41, 5.74) is -1.46. The van der Waals surface area contributed by atoms with Gasteiger partial charge in [-0.2, -0.15) is 0 Å². The maximum absolute atomic E-state index is 13.6. The quantitative estimate of drug-likeness (QED) is 0.469. The highest BCUT2D eigenvalue weighted by Gasteiger charge is 2.27. The van der Waals surface area contributed by atoms with Gasteiger partial charge in [0.1, 0.15) is 11.6 Å². The number of halogens is 3. The molecule has 1 aromatic carbocycles. The molecule has 0 aromatic heterocycles. The van der Waals surface area contributed by atoms with Gasteiger partial charge in [0.05, 0.1) is 12.7 Å². The molecule has 0 aliphatic heterocycles. The number of hydrogen-bond donors (Lipinski definition) is 1. The molecule has 1 rings (SSSR count). The first kappa shape index (κ1) is 21.5. The van der Waals surface area contributed by atoms with Crippen molar-refractivity contribution in [2.24, 2.45) is 0 Å². The number of amides is 1. The maximum atomic E-state index is 13.6. The molecule has 0 saturated carbocycles. The molecule has 0 aliphatic carbocycles. The predicted octanol–water partition coefficient (Wildman–Crippen LogP) is 3.13. The molecule has 26 heavy (non-hydrogen) atoms. The van der Waals surface area contributed by atoms with Gasteiger partial charge in [-0.25, -0.2) is 22.8 Å². The van der Waals surface area contributed by atoms with E-state index in [1.165, 1.54) is 0 Å². The lowest BCUT2D eigenvalue weighted by Crippen LogP contribution is -2.44. The van der Waals surface area contributed by atoms with Crippen molar-refractivity contribution in [3.8, 4) is 0 Å². The molecule has 0 spiro atoms. The molecular formula is C17H20F3NO5.